The first-order valence-corrected chi connectivity index (χ1v) is 7.12. The molecule has 3 N–H and O–H groups in total. The van der Waals surface area contributed by atoms with E-state index in [0.717, 1.165) is 57.2 Å². The molecule has 0 spiro atoms. The quantitative estimate of drug-likeness (QED) is 0.612. The van der Waals surface area contributed by atoms with Crippen molar-refractivity contribution in [2.45, 2.75) is 12.5 Å². The summed E-state index contributed by atoms with van der Waals surface area (Å²) in [5.41, 5.74) is 6.38. The van der Waals surface area contributed by atoms with Crippen LogP contribution in [0.3, 0.4) is 0 Å². The zero-order valence-electron chi connectivity index (χ0n) is 11.6. The lowest BCUT2D eigenvalue weighted by atomic mass is 10.2. The maximum Gasteiger partial charge on any atom is 0.139 e. The number of anilines is 1. The lowest BCUT2D eigenvalue weighted by Gasteiger charge is -2.32. The molecule has 0 bridgehead atoms. The average Bonchev–Trinajstić information content (AvgIpc) is 2.98. The Morgan fingerprint density at radius 3 is 2.90 bits per heavy atom. The Labute approximate surface area is 119 Å². The molecule has 0 radical (unpaired) electrons. The van der Waals surface area contributed by atoms with Gasteiger partial charge in [-0.15, -0.1) is 0 Å². The molecule has 3 rings (SSSR count). The second kappa shape index (κ2) is 5.76. The number of amidine groups is 1. The highest BCUT2D eigenvalue weighted by Crippen LogP contribution is 2.24. The molecular formula is C14H21N5O. The Kier molecular flexibility index (Phi) is 3.84. The van der Waals surface area contributed by atoms with E-state index in [-0.39, 0.29) is 5.84 Å². The number of nitrogen functional groups attached to an aromatic ring is 1. The third kappa shape index (κ3) is 2.62. The van der Waals surface area contributed by atoms with Crippen LogP contribution in [0.5, 0.6) is 0 Å². The molecule has 0 aliphatic carbocycles. The lowest BCUT2D eigenvalue weighted by molar-refractivity contribution is 0.0209. The summed E-state index contributed by atoms with van der Waals surface area (Å²) in [4.78, 5) is 9.17. The minimum Gasteiger partial charge on any atom is -0.384 e. The Bertz CT molecular complexity index is 486. The van der Waals surface area contributed by atoms with Gasteiger partial charge in [0.25, 0.3) is 0 Å². The van der Waals surface area contributed by atoms with Gasteiger partial charge in [-0.25, -0.2) is 4.98 Å². The van der Waals surface area contributed by atoms with E-state index in [1.807, 2.05) is 12.1 Å². The second-order valence-corrected chi connectivity index (χ2v) is 5.33. The van der Waals surface area contributed by atoms with E-state index in [4.69, 9.17) is 15.9 Å². The Morgan fingerprint density at radius 2 is 2.15 bits per heavy atom. The fourth-order valence-corrected chi connectivity index (χ4v) is 3.03. The van der Waals surface area contributed by atoms with Crippen LogP contribution in [-0.4, -0.2) is 61.2 Å². The summed E-state index contributed by atoms with van der Waals surface area (Å²) in [6.45, 7) is 5.62. The number of hydrogen-bond donors (Lipinski definition) is 2. The van der Waals surface area contributed by atoms with Crippen LogP contribution in [0.1, 0.15) is 12.0 Å². The van der Waals surface area contributed by atoms with Gasteiger partial charge in [0.2, 0.25) is 0 Å². The van der Waals surface area contributed by atoms with Gasteiger partial charge in [0.1, 0.15) is 11.7 Å². The van der Waals surface area contributed by atoms with E-state index in [2.05, 4.69) is 14.8 Å². The van der Waals surface area contributed by atoms with Crippen LogP contribution in [-0.2, 0) is 4.74 Å². The highest BCUT2D eigenvalue weighted by molar-refractivity contribution is 5.99. The zero-order chi connectivity index (χ0) is 13.9. The van der Waals surface area contributed by atoms with Crippen molar-refractivity contribution in [3.8, 4) is 0 Å². The van der Waals surface area contributed by atoms with Crippen molar-refractivity contribution in [2.75, 3.05) is 44.3 Å². The first kappa shape index (κ1) is 13.3. The summed E-state index contributed by atoms with van der Waals surface area (Å²) in [5, 5.41) is 7.67. The van der Waals surface area contributed by atoms with Crippen molar-refractivity contribution in [1.29, 1.82) is 5.41 Å². The summed E-state index contributed by atoms with van der Waals surface area (Å²) in [6.07, 6.45) is 2.90. The van der Waals surface area contributed by atoms with Crippen LogP contribution in [0.4, 0.5) is 5.82 Å². The number of nitrogens with zero attached hydrogens (tertiary/aromatic N) is 3. The SMILES string of the molecule is N=C(N)c1cccnc1N1CCC(N2CCOCC2)C1. The van der Waals surface area contributed by atoms with Crippen molar-refractivity contribution in [3.63, 3.8) is 0 Å². The molecule has 2 aliphatic rings. The Hall–Kier alpha value is -1.66. The second-order valence-electron chi connectivity index (χ2n) is 5.33. The molecule has 1 unspecified atom stereocenters. The van der Waals surface area contributed by atoms with E-state index >= 15 is 0 Å². The molecule has 0 aromatic carbocycles. The van der Waals surface area contributed by atoms with E-state index in [1.165, 1.54) is 0 Å². The number of nitrogens with one attached hydrogen (secondary N) is 1. The van der Waals surface area contributed by atoms with Crippen LogP contribution in [0, 0.1) is 5.41 Å². The van der Waals surface area contributed by atoms with E-state index < -0.39 is 0 Å². The van der Waals surface area contributed by atoms with Crippen LogP contribution in [0.15, 0.2) is 18.3 Å². The zero-order valence-corrected chi connectivity index (χ0v) is 11.6. The molecule has 108 valence electrons. The van der Waals surface area contributed by atoms with Gasteiger partial charge in [-0.1, -0.05) is 0 Å². The molecule has 6 nitrogen and oxygen atoms in total. The fourth-order valence-electron chi connectivity index (χ4n) is 3.03. The number of nitrogens with two attached hydrogens (primary N) is 1. The van der Waals surface area contributed by atoms with Gasteiger partial charge in [-0.2, -0.15) is 0 Å². The third-order valence-corrected chi connectivity index (χ3v) is 4.10. The van der Waals surface area contributed by atoms with Gasteiger partial charge in [0.05, 0.1) is 18.8 Å². The van der Waals surface area contributed by atoms with Gasteiger partial charge in [0, 0.05) is 38.4 Å². The van der Waals surface area contributed by atoms with Gasteiger partial charge in [-0.3, -0.25) is 10.3 Å². The molecule has 2 fully saturated rings. The third-order valence-electron chi connectivity index (χ3n) is 4.10. The number of hydrogen-bond acceptors (Lipinski definition) is 5. The predicted molar refractivity (Wildman–Crippen MR) is 78.3 cm³/mol. The van der Waals surface area contributed by atoms with Crippen molar-refractivity contribution < 1.29 is 4.74 Å². The molecule has 20 heavy (non-hydrogen) atoms. The summed E-state index contributed by atoms with van der Waals surface area (Å²) in [7, 11) is 0. The summed E-state index contributed by atoms with van der Waals surface area (Å²) in [5.74, 6) is 0.929. The molecule has 1 aromatic rings. The maximum atomic E-state index is 7.67. The summed E-state index contributed by atoms with van der Waals surface area (Å²) in [6, 6.07) is 4.25. The number of ether oxygens (including phenoxy) is 1. The van der Waals surface area contributed by atoms with E-state index in [9.17, 15) is 0 Å². The number of morpholine rings is 1. The van der Waals surface area contributed by atoms with Crippen molar-refractivity contribution in [2.24, 2.45) is 5.73 Å². The number of pyridine rings is 1. The lowest BCUT2D eigenvalue weighted by Crippen LogP contribution is -2.44. The smallest absolute Gasteiger partial charge is 0.139 e. The molecule has 2 aliphatic heterocycles. The molecule has 6 heteroatoms. The maximum absolute atomic E-state index is 7.67. The summed E-state index contributed by atoms with van der Waals surface area (Å²) < 4.78 is 5.41. The molecule has 0 amide bonds. The monoisotopic (exact) mass is 275 g/mol. The first-order chi connectivity index (χ1) is 9.75. The number of aromatic nitrogens is 1. The normalized spacial score (nSPS) is 24.0. The van der Waals surface area contributed by atoms with Gasteiger partial charge >= 0.3 is 0 Å². The van der Waals surface area contributed by atoms with Gasteiger partial charge < -0.3 is 15.4 Å². The minimum absolute atomic E-state index is 0.0860. The minimum atomic E-state index is 0.0860. The molecular weight excluding hydrogens is 254 g/mol. The van der Waals surface area contributed by atoms with Crippen LogP contribution >= 0.6 is 0 Å². The summed E-state index contributed by atoms with van der Waals surface area (Å²) >= 11 is 0. The molecule has 0 saturated carbocycles. The highest BCUT2D eigenvalue weighted by Gasteiger charge is 2.30. The molecule has 1 aromatic heterocycles. The first-order valence-electron chi connectivity index (χ1n) is 7.12. The predicted octanol–water partition coefficient (Wildman–Crippen LogP) is 0.277. The van der Waals surface area contributed by atoms with Gasteiger partial charge in [0.15, 0.2) is 0 Å². The van der Waals surface area contributed by atoms with E-state index in [1.54, 1.807) is 6.20 Å². The molecule has 1 atom stereocenters. The number of rotatable bonds is 3. The standard InChI is InChI=1S/C14H21N5O/c15-13(16)12-2-1-4-17-14(12)19-5-3-11(10-19)18-6-8-20-9-7-18/h1-2,4,11H,3,5-10H2,(H3,15,16). The molecule has 3 heterocycles. The highest BCUT2D eigenvalue weighted by atomic mass is 16.5. The van der Waals surface area contributed by atoms with Crippen LogP contribution < -0.4 is 10.6 Å². The Morgan fingerprint density at radius 1 is 1.35 bits per heavy atom. The van der Waals surface area contributed by atoms with Crippen molar-refractivity contribution in [3.05, 3.63) is 23.9 Å². The largest absolute Gasteiger partial charge is 0.384 e. The van der Waals surface area contributed by atoms with Crippen molar-refractivity contribution >= 4 is 11.7 Å². The average molecular weight is 275 g/mol. The van der Waals surface area contributed by atoms with Crippen LogP contribution in [0.2, 0.25) is 0 Å². The van der Waals surface area contributed by atoms with E-state index in [0.29, 0.717) is 6.04 Å². The van der Waals surface area contributed by atoms with Gasteiger partial charge in [-0.05, 0) is 18.6 Å². The fraction of sp³-hybridized carbons (Fsp3) is 0.571. The topological polar surface area (TPSA) is 78.5 Å². The van der Waals surface area contributed by atoms with Crippen LogP contribution in [0.25, 0.3) is 0 Å². The Balaban J connectivity index is 1.72. The molecule has 2 saturated heterocycles. The van der Waals surface area contributed by atoms with Crippen molar-refractivity contribution in [1.82, 2.24) is 9.88 Å².